The van der Waals surface area contributed by atoms with Crippen molar-refractivity contribution in [2.45, 2.75) is 13.8 Å². The molecule has 67 valence electrons. The molecule has 0 aliphatic rings. The van der Waals surface area contributed by atoms with Gasteiger partial charge in [-0.2, -0.15) is 0 Å². The third-order valence-electron chi connectivity index (χ3n) is 1.44. The zero-order valence-corrected chi connectivity index (χ0v) is 9.79. The molecule has 1 aromatic rings. The number of aryl methyl sites for hydroxylation is 2. The van der Waals surface area contributed by atoms with Crippen molar-refractivity contribution in [3.8, 4) is 5.75 Å². The van der Waals surface area contributed by atoms with E-state index in [9.17, 15) is 5.11 Å². The van der Waals surface area contributed by atoms with E-state index >= 15 is 0 Å². The normalized spacial score (nSPS) is 7.17. The molecule has 0 fully saturated rings. The van der Waals surface area contributed by atoms with Crippen LogP contribution in [0.4, 0.5) is 0 Å². The fraction of sp³-hybridized carbons (Fsp3) is 0.250. The second-order valence-corrected chi connectivity index (χ2v) is 2.24. The molecule has 0 bridgehead atoms. The van der Waals surface area contributed by atoms with Crippen LogP contribution in [0, 0.1) is 13.8 Å². The Morgan fingerprint density at radius 3 is 1.58 bits per heavy atom. The van der Waals surface area contributed by atoms with Gasteiger partial charge in [0.2, 0.25) is 0 Å². The summed E-state index contributed by atoms with van der Waals surface area (Å²) >= 11 is 0. The molecule has 1 nitrogen and oxygen atoms in total. The topological polar surface area (TPSA) is 20.2 Å². The Morgan fingerprint density at radius 1 is 1.00 bits per heavy atom. The van der Waals surface area contributed by atoms with Crippen LogP contribution in [0.25, 0.3) is 0 Å². The quantitative estimate of drug-likeness (QED) is 0.493. The Morgan fingerprint density at radius 2 is 1.33 bits per heavy atom. The van der Waals surface area contributed by atoms with E-state index in [2.05, 4.69) is 0 Å². The number of para-hydroxylation sites is 1. The third-order valence-corrected chi connectivity index (χ3v) is 1.44. The molecule has 0 unspecified atom stereocenters. The fourth-order valence-electron chi connectivity index (χ4n) is 0.806. The summed E-state index contributed by atoms with van der Waals surface area (Å²) in [6, 6.07) is 5.72. The van der Waals surface area contributed by atoms with Gasteiger partial charge in [-0.25, -0.2) is 0 Å². The van der Waals surface area contributed by atoms with Gasteiger partial charge in [-0.3, -0.25) is 0 Å². The molecule has 0 aliphatic heterocycles. The monoisotopic (exact) mass is 243 g/mol. The van der Waals surface area contributed by atoms with Gasteiger partial charge in [0.15, 0.2) is 0 Å². The van der Waals surface area contributed by atoms with Gasteiger partial charge in [0, 0.05) is 0 Å². The minimum Gasteiger partial charge on any atom is -1.00 e. The van der Waals surface area contributed by atoms with Gasteiger partial charge in [-0.15, -0.1) is 0 Å². The van der Waals surface area contributed by atoms with Crippen LogP contribution in [-0.2, 0) is 18.6 Å². The standard InChI is InChI=1S/C8H10O.2ClH.V/c1-6-4-3-5-7(2)8(6)9;;;/h3-5,9H,1-2H3;2*1H;/q;;;+2/p-2. The van der Waals surface area contributed by atoms with Crippen LogP contribution in [0.3, 0.4) is 0 Å². The fourth-order valence-corrected chi connectivity index (χ4v) is 0.806. The number of phenols is 1. The summed E-state index contributed by atoms with van der Waals surface area (Å²) in [4.78, 5) is 0. The molecule has 0 atom stereocenters. The largest absolute Gasteiger partial charge is 2.00 e. The SMILES string of the molecule is Cc1cccc(C)c1O.[Cl-].[Cl-].[V+2]. The van der Waals surface area contributed by atoms with E-state index in [-0.39, 0.29) is 43.4 Å². The Labute approximate surface area is 97.3 Å². The van der Waals surface area contributed by atoms with Crippen LogP contribution in [0.5, 0.6) is 5.75 Å². The van der Waals surface area contributed by atoms with Crippen molar-refractivity contribution in [3.05, 3.63) is 29.3 Å². The molecule has 1 aromatic carbocycles. The van der Waals surface area contributed by atoms with Crippen LogP contribution >= 0.6 is 0 Å². The first-order valence-electron chi connectivity index (χ1n) is 2.97. The van der Waals surface area contributed by atoms with Gasteiger partial charge in [0.05, 0.1) is 0 Å². The maximum absolute atomic E-state index is 9.21. The van der Waals surface area contributed by atoms with E-state index in [1.54, 1.807) is 0 Å². The summed E-state index contributed by atoms with van der Waals surface area (Å²) in [5.74, 6) is 0.414. The van der Waals surface area contributed by atoms with Crippen molar-refractivity contribution in [2.24, 2.45) is 0 Å². The summed E-state index contributed by atoms with van der Waals surface area (Å²) in [6.45, 7) is 3.78. The zero-order valence-electron chi connectivity index (χ0n) is 6.88. The molecular weight excluding hydrogens is 234 g/mol. The minimum absolute atomic E-state index is 0. The van der Waals surface area contributed by atoms with E-state index in [0.717, 1.165) is 11.1 Å². The molecule has 0 saturated carbocycles. The summed E-state index contributed by atoms with van der Waals surface area (Å²) < 4.78 is 0. The van der Waals surface area contributed by atoms with Gasteiger partial charge in [0.1, 0.15) is 5.75 Å². The van der Waals surface area contributed by atoms with Gasteiger partial charge < -0.3 is 29.9 Å². The summed E-state index contributed by atoms with van der Waals surface area (Å²) in [6.07, 6.45) is 0. The van der Waals surface area contributed by atoms with E-state index < -0.39 is 0 Å². The van der Waals surface area contributed by atoms with Gasteiger partial charge in [0.25, 0.3) is 0 Å². The van der Waals surface area contributed by atoms with Crippen molar-refractivity contribution in [3.63, 3.8) is 0 Å². The van der Waals surface area contributed by atoms with Gasteiger partial charge in [-0.1, -0.05) is 18.2 Å². The Hall–Kier alpha value is 0.184. The minimum atomic E-state index is 0. The van der Waals surface area contributed by atoms with E-state index in [4.69, 9.17) is 0 Å². The molecular formula is C8H10Cl2OV. The summed E-state index contributed by atoms with van der Waals surface area (Å²) in [5, 5.41) is 9.21. The predicted octanol–water partition coefficient (Wildman–Crippen LogP) is -3.99. The molecule has 12 heavy (non-hydrogen) atoms. The maximum atomic E-state index is 9.21. The first-order chi connectivity index (χ1) is 4.22. The molecule has 0 aliphatic carbocycles. The molecule has 4 heteroatoms. The number of rotatable bonds is 0. The average molecular weight is 244 g/mol. The van der Waals surface area contributed by atoms with Crippen molar-refractivity contribution < 1.29 is 48.5 Å². The van der Waals surface area contributed by atoms with Crippen molar-refractivity contribution in [2.75, 3.05) is 0 Å². The van der Waals surface area contributed by atoms with E-state index in [1.165, 1.54) is 0 Å². The third kappa shape index (κ3) is 4.27. The number of aromatic hydroxyl groups is 1. The Balaban J connectivity index is -0.000000270. The average Bonchev–Trinajstić information content (AvgIpc) is 1.83. The van der Waals surface area contributed by atoms with Gasteiger partial charge in [-0.05, 0) is 25.0 Å². The summed E-state index contributed by atoms with van der Waals surface area (Å²) in [7, 11) is 0. The molecule has 0 saturated heterocycles. The van der Waals surface area contributed by atoms with Crippen LogP contribution in [0.1, 0.15) is 11.1 Å². The molecule has 0 heterocycles. The first kappa shape index (κ1) is 18.1. The number of benzene rings is 1. The molecule has 0 amide bonds. The number of phenolic OH excluding ortho intramolecular Hbond substituents is 1. The van der Waals surface area contributed by atoms with Crippen molar-refractivity contribution in [1.82, 2.24) is 0 Å². The predicted molar refractivity (Wildman–Crippen MR) is 37.6 cm³/mol. The smallest absolute Gasteiger partial charge is 1.00 e. The van der Waals surface area contributed by atoms with Crippen molar-refractivity contribution in [1.29, 1.82) is 0 Å². The van der Waals surface area contributed by atoms with Crippen LogP contribution in [0.15, 0.2) is 18.2 Å². The summed E-state index contributed by atoms with van der Waals surface area (Å²) in [5.41, 5.74) is 1.88. The number of hydrogen-bond donors (Lipinski definition) is 1. The number of halogens is 2. The Bertz CT molecular complexity index is 208. The molecule has 0 spiro atoms. The molecule has 1 radical (unpaired) electrons. The molecule has 1 N–H and O–H groups in total. The maximum Gasteiger partial charge on any atom is 2.00 e. The van der Waals surface area contributed by atoms with Crippen LogP contribution < -0.4 is 24.8 Å². The van der Waals surface area contributed by atoms with E-state index in [0.29, 0.717) is 5.75 Å². The Kier molecular flexibility index (Phi) is 11.8. The first-order valence-corrected chi connectivity index (χ1v) is 2.97. The van der Waals surface area contributed by atoms with E-state index in [1.807, 2.05) is 32.0 Å². The van der Waals surface area contributed by atoms with Crippen LogP contribution in [-0.4, -0.2) is 5.11 Å². The molecule has 1 rings (SSSR count). The number of hydrogen-bond acceptors (Lipinski definition) is 1. The van der Waals surface area contributed by atoms with Crippen molar-refractivity contribution >= 4 is 0 Å². The van der Waals surface area contributed by atoms with Crippen LogP contribution in [0.2, 0.25) is 0 Å². The molecule has 0 aromatic heterocycles. The second kappa shape index (κ2) is 7.81. The zero-order chi connectivity index (χ0) is 6.85. The second-order valence-electron chi connectivity index (χ2n) is 2.24. The van der Waals surface area contributed by atoms with Gasteiger partial charge >= 0.3 is 18.6 Å².